The third-order valence-corrected chi connectivity index (χ3v) is 3.28. The Balaban J connectivity index is 2.66. The van der Waals surface area contributed by atoms with Crippen LogP contribution in [0, 0.1) is 6.92 Å². The quantitative estimate of drug-likeness (QED) is 0.835. The van der Waals surface area contributed by atoms with E-state index >= 15 is 0 Å². The summed E-state index contributed by atoms with van der Waals surface area (Å²) in [6.45, 7) is 4.09. The van der Waals surface area contributed by atoms with Gasteiger partial charge in [0.05, 0.1) is 0 Å². The number of aryl methyl sites for hydroxylation is 1. The van der Waals surface area contributed by atoms with Crippen LogP contribution < -0.4 is 5.32 Å². The van der Waals surface area contributed by atoms with Crippen molar-refractivity contribution in [1.29, 1.82) is 0 Å². The number of hydrogen-bond donors (Lipinski definition) is 2. The van der Waals surface area contributed by atoms with Gasteiger partial charge in [-0.15, -0.1) is 0 Å². The van der Waals surface area contributed by atoms with Gasteiger partial charge in [0, 0.05) is 22.3 Å². The van der Waals surface area contributed by atoms with Gasteiger partial charge in [0.2, 0.25) is 0 Å². The van der Waals surface area contributed by atoms with E-state index in [1.807, 2.05) is 25.1 Å². The van der Waals surface area contributed by atoms with Crippen LogP contribution >= 0.6 is 15.9 Å². The zero-order chi connectivity index (χ0) is 12.1. The van der Waals surface area contributed by atoms with Gasteiger partial charge in [0.1, 0.15) is 0 Å². The molecule has 1 aromatic rings. The van der Waals surface area contributed by atoms with Crippen LogP contribution in [-0.2, 0) is 4.79 Å². The lowest BCUT2D eigenvalue weighted by Crippen LogP contribution is -2.03. The highest BCUT2D eigenvalue weighted by Gasteiger charge is 2.01. The van der Waals surface area contributed by atoms with Crippen molar-refractivity contribution in [2.24, 2.45) is 0 Å². The lowest BCUT2D eigenvalue weighted by atomic mass is 10.2. The molecule has 16 heavy (non-hydrogen) atoms. The first-order valence-electron chi connectivity index (χ1n) is 4.91. The summed E-state index contributed by atoms with van der Waals surface area (Å²) in [5.41, 5.74) is 2.45. The summed E-state index contributed by atoms with van der Waals surface area (Å²) >= 11 is 3.48. The minimum Gasteiger partial charge on any atom is -0.478 e. The molecule has 4 heteroatoms. The molecule has 0 fully saturated rings. The van der Waals surface area contributed by atoms with E-state index in [4.69, 9.17) is 5.11 Å². The molecule has 0 heterocycles. The van der Waals surface area contributed by atoms with Crippen molar-refractivity contribution in [3.8, 4) is 0 Å². The summed E-state index contributed by atoms with van der Waals surface area (Å²) in [6, 6.07) is 5.91. The molecule has 0 aliphatic rings. The van der Waals surface area contributed by atoms with Crippen LogP contribution in [-0.4, -0.2) is 17.6 Å². The van der Waals surface area contributed by atoms with Gasteiger partial charge in [-0.05, 0) is 41.4 Å². The number of benzene rings is 1. The molecule has 0 aromatic heterocycles. The Kier molecular flexibility index (Phi) is 4.55. The minimum absolute atomic E-state index is 0.344. The maximum Gasteiger partial charge on any atom is 0.331 e. The molecule has 2 N–H and O–H groups in total. The summed E-state index contributed by atoms with van der Waals surface area (Å²) in [4.78, 5) is 10.6. The Labute approximate surface area is 103 Å². The molecular formula is C12H14BrNO2. The molecule has 3 nitrogen and oxygen atoms in total. The number of rotatable bonds is 4. The fraction of sp³-hybridized carbons (Fsp3) is 0.250. The number of halogens is 1. The second-order valence-electron chi connectivity index (χ2n) is 3.51. The normalized spacial score (nSPS) is 11.3. The molecule has 0 saturated carbocycles. The van der Waals surface area contributed by atoms with Gasteiger partial charge in [0.25, 0.3) is 0 Å². The fourth-order valence-corrected chi connectivity index (χ4v) is 1.59. The third-order valence-electron chi connectivity index (χ3n) is 2.23. The second-order valence-corrected chi connectivity index (χ2v) is 4.30. The summed E-state index contributed by atoms with van der Waals surface area (Å²) < 4.78 is 1.01. The van der Waals surface area contributed by atoms with Crippen molar-refractivity contribution in [2.45, 2.75) is 13.8 Å². The highest BCUT2D eigenvalue weighted by atomic mass is 79.9. The van der Waals surface area contributed by atoms with Gasteiger partial charge in [-0.25, -0.2) is 4.79 Å². The van der Waals surface area contributed by atoms with Crippen molar-refractivity contribution < 1.29 is 9.90 Å². The number of carboxylic acid groups (broad SMARTS) is 1. The second kappa shape index (κ2) is 5.70. The van der Waals surface area contributed by atoms with Gasteiger partial charge in [-0.3, -0.25) is 0 Å². The Morgan fingerprint density at radius 3 is 2.88 bits per heavy atom. The highest BCUT2D eigenvalue weighted by molar-refractivity contribution is 9.10. The molecule has 0 aliphatic heterocycles. The first kappa shape index (κ1) is 12.8. The van der Waals surface area contributed by atoms with Crippen LogP contribution in [0.2, 0.25) is 0 Å². The standard InChI is InChI=1S/C12H14BrNO2/c1-8-4-3-5-10(11(8)13)14-7-6-9(2)12(15)16/h3-6,14H,7H2,1-2H3,(H,15,16)/b9-6-. The van der Waals surface area contributed by atoms with E-state index in [1.165, 1.54) is 0 Å². The molecule has 1 rings (SSSR count). The number of carbonyl (C=O) groups is 1. The average Bonchev–Trinajstić information content (AvgIpc) is 2.24. The van der Waals surface area contributed by atoms with Crippen LogP contribution in [0.25, 0.3) is 0 Å². The molecule has 0 unspecified atom stereocenters. The first-order chi connectivity index (χ1) is 7.52. The Hall–Kier alpha value is -1.29. The fourth-order valence-electron chi connectivity index (χ4n) is 1.19. The maximum absolute atomic E-state index is 10.6. The van der Waals surface area contributed by atoms with Crippen LogP contribution in [0.1, 0.15) is 12.5 Å². The van der Waals surface area contributed by atoms with E-state index in [9.17, 15) is 4.79 Å². The monoisotopic (exact) mass is 283 g/mol. The third kappa shape index (κ3) is 3.38. The van der Waals surface area contributed by atoms with Crippen LogP contribution in [0.4, 0.5) is 5.69 Å². The van der Waals surface area contributed by atoms with E-state index in [1.54, 1.807) is 13.0 Å². The number of carboxylic acids is 1. The molecular weight excluding hydrogens is 270 g/mol. The topological polar surface area (TPSA) is 49.3 Å². The molecule has 0 amide bonds. The lowest BCUT2D eigenvalue weighted by Gasteiger charge is -2.08. The predicted octanol–water partition coefficient (Wildman–Crippen LogP) is 3.20. The molecule has 0 spiro atoms. The first-order valence-corrected chi connectivity index (χ1v) is 5.70. The van der Waals surface area contributed by atoms with Gasteiger partial charge in [0.15, 0.2) is 0 Å². The lowest BCUT2D eigenvalue weighted by molar-refractivity contribution is -0.132. The summed E-state index contributed by atoms with van der Waals surface area (Å²) in [5.74, 6) is -0.884. The molecule has 0 atom stereocenters. The minimum atomic E-state index is -0.884. The van der Waals surface area contributed by atoms with E-state index in [0.717, 1.165) is 15.7 Å². The van der Waals surface area contributed by atoms with Crippen molar-refractivity contribution >= 4 is 27.6 Å². The van der Waals surface area contributed by atoms with Crippen molar-refractivity contribution in [2.75, 3.05) is 11.9 Å². The molecule has 86 valence electrons. The molecule has 0 radical (unpaired) electrons. The number of hydrogen-bond acceptors (Lipinski definition) is 2. The van der Waals surface area contributed by atoms with Crippen LogP contribution in [0.3, 0.4) is 0 Å². The summed E-state index contributed by atoms with van der Waals surface area (Å²) in [6.07, 6.45) is 1.65. The zero-order valence-electron chi connectivity index (χ0n) is 9.25. The molecule has 1 aromatic carbocycles. The van der Waals surface area contributed by atoms with Crippen molar-refractivity contribution in [3.05, 3.63) is 39.9 Å². The smallest absolute Gasteiger partial charge is 0.331 e. The highest BCUT2D eigenvalue weighted by Crippen LogP contribution is 2.25. The largest absolute Gasteiger partial charge is 0.478 e. The summed E-state index contributed by atoms with van der Waals surface area (Å²) in [5, 5.41) is 11.8. The molecule has 0 aliphatic carbocycles. The van der Waals surface area contributed by atoms with Gasteiger partial charge < -0.3 is 10.4 Å². The van der Waals surface area contributed by atoms with Gasteiger partial charge in [-0.2, -0.15) is 0 Å². The maximum atomic E-state index is 10.6. The Bertz CT molecular complexity index is 427. The Morgan fingerprint density at radius 1 is 1.56 bits per heavy atom. The number of nitrogens with one attached hydrogen (secondary N) is 1. The Morgan fingerprint density at radius 2 is 2.25 bits per heavy atom. The SMILES string of the molecule is C/C(=C/CNc1cccc(C)c1Br)C(=O)O. The van der Waals surface area contributed by atoms with Crippen LogP contribution in [0.5, 0.6) is 0 Å². The van der Waals surface area contributed by atoms with Gasteiger partial charge >= 0.3 is 5.97 Å². The van der Waals surface area contributed by atoms with Gasteiger partial charge in [-0.1, -0.05) is 18.2 Å². The van der Waals surface area contributed by atoms with Crippen LogP contribution in [0.15, 0.2) is 34.3 Å². The van der Waals surface area contributed by atoms with E-state index < -0.39 is 5.97 Å². The van der Waals surface area contributed by atoms with Crippen molar-refractivity contribution in [3.63, 3.8) is 0 Å². The molecule has 0 bridgehead atoms. The number of anilines is 1. The molecule has 0 saturated heterocycles. The van der Waals surface area contributed by atoms with E-state index in [-0.39, 0.29) is 0 Å². The number of aliphatic carboxylic acids is 1. The zero-order valence-corrected chi connectivity index (χ0v) is 10.8. The van der Waals surface area contributed by atoms with E-state index in [2.05, 4.69) is 21.2 Å². The van der Waals surface area contributed by atoms with Crippen molar-refractivity contribution in [1.82, 2.24) is 0 Å². The van der Waals surface area contributed by atoms with E-state index in [0.29, 0.717) is 12.1 Å². The average molecular weight is 284 g/mol. The predicted molar refractivity (Wildman–Crippen MR) is 68.8 cm³/mol. The summed E-state index contributed by atoms with van der Waals surface area (Å²) in [7, 11) is 0.